The molecule has 2 nitrogen and oxygen atoms in total. The number of hydrogen-bond donors (Lipinski definition) is 0. The number of nitrogens with zero attached hydrogens (tertiary/aromatic N) is 1. The molecule has 0 saturated carbocycles. The summed E-state index contributed by atoms with van der Waals surface area (Å²) in [6, 6.07) is 0. The summed E-state index contributed by atoms with van der Waals surface area (Å²) in [4.78, 5) is 2.54. The van der Waals surface area contributed by atoms with E-state index in [-0.39, 0.29) is 12.4 Å². The van der Waals surface area contributed by atoms with Crippen LogP contribution in [-0.2, 0) is 4.74 Å². The molecule has 0 unspecified atom stereocenters. The van der Waals surface area contributed by atoms with Crippen LogP contribution in [0.25, 0.3) is 0 Å². The number of morpholine rings is 1. The third kappa shape index (κ3) is 8.37. The first-order valence-electron chi connectivity index (χ1n) is 6.73. The number of unbranched alkanes of at least 4 members (excludes halogenated alkanes) is 6. The standard InChI is InChI=1S/C13H27NO.ClH/c1-2-3-4-5-6-7-8-9-14-10-12-15-13-11-14;/h2-13H2,1H3;1H. The van der Waals surface area contributed by atoms with Crippen molar-refractivity contribution in [3.8, 4) is 0 Å². The Morgan fingerprint density at radius 1 is 0.875 bits per heavy atom. The highest BCUT2D eigenvalue weighted by Crippen LogP contribution is 2.08. The maximum Gasteiger partial charge on any atom is 0.0594 e. The zero-order chi connectivity index (χ0) is 10.8. The average molecular weight is 250 g/mol. The Kier molecular flexibility index (Phi) is 11.8. The van der Waals surface area contributed by atoms with Gasteiger partial charge < -0.3 is 4.74 Å². The van der Waals surface area contributed by atoms with Crippen LogP contribution >= 0.6 is 12.4 Å². The van der Waals surface area contributed by atoms with E-state index in [4.69, 9.17) is 4.74 Å². The predicted molar refractivity (Wildman–Crippen MR) is 72.5 cm³/mol. The van der Waals surface area contributed by atoms with Crippen molar-refractivity contribution in [3.05, 3.63) is 0 Å². The van der Waals surface area contributed by atoms with Crippen LogP contribution in [-0.4, -0.2) is 37.7 Å². The molecule has 1 rings (SSSR count). The first-order valence-corrected chi connectivity index (χ1v) is 6.73. The van der Waals surface area contributed by atoms with Gasteiger partial charge in [0.2, 0.25) is 0 Å². The average Bonchev–Trinajstić information content (AvgIpc) is 2.29. The Hall–Kier alpha value is 0.210. The highest BCUT2D eigenvalue weighted by atomic mass is 35.5. The van der Waals surface area contributed by atoms with E-state index < -0.39 is 0 Å². The topological polar surface area (TPSA) is 12.5 Å². The maximum atomic E-state index is 5.33. The summed E-state index contributed by atoms with van der Waals surface area (Å²) in [6.07, 6.45) is 9.89. The minimum Gasteiger partial charge on any atom is -0.379 e. The van der Waals surface area contributed by atoms with Gasteiger partial charge in [0.1, 0.15) is 0 Å². The summed E-state index contributed by atoms with van der Waals surface area (Å²) < 4.78 is 5.33. The second-order valence-electron chi connectivity index (χ2n) is 4.58. The number of hydrogen-bond acceptors (Lipinski definition) is 2. The molecule has 0 aliphatic carbocycles. The van der Waals surface area contributed by atoms with Crippen molar-refractivity contribution in [1.29, 1.82) is 0 Å². The van der Waals surface area contributed by atoms with E-state index in [1.165, 1.54) is 51.5 Å². The maximum absolute atomic E-state index is 5.33. The molecule has 1 aliphatic heterocycles. The summed E-state index contributed by atoms with van der Waals surface area (Å²) in [7, 11) is 0. The lowest BCUT2D eigenvalue weighted by atomic mass is 10.1. The molecule has 0 radical (unpaired) electrons. The highest BCUT2D eigenvalue weighted by molar-refractivity contribution is 5.85. The van der Waals surface area contributed by atoms with Crippen molar-refractivity contribution in [1.82, 2.24) is 4.90 Å². The van der Waals surface area contributed by atoms with Gasteiger partial charge in [-0.25, -0.2) is 0 Å². The Morgan fingerprint density at radius 3 is 2.06 bits per heavy atom. The van der Waals surface area contributed by atoms with Crippen LogP contribution in [0, 0.1) is 0 Å². The number of ether oxygens (including phenoxy) is 1. The van der Waals surface area contributed by atoms with E-state index in [0.717, 1.165) is 26.3 Å². The van der Waals surface area contributed by atoms with Crippen LogP contribution in [0.3, 0.4) is 0 Å². The highest BCUT2D eigenvalue weighted by Gasteiger charge is 2.08. The van der Waals surface area contributed by atoms with Gasteiger partial charge in [-0.3, -0.25) is 4.90 Å². The van der Waals surface area contributed by atoms with Crippen molar-refractivity contribution in [3.63, 3.8) is 0 Å². The molecule has 1 saturated heterocycles. The Bertz CT molecular complexity index is 138. The Labute approximate surface area is 107 Å². The van der Waals surface area contributed by atoms with E-state index >= 15 is 0 Å². The van der Waals surface area contributed by atoms with Crippen LogP contribution in [0.5, 0.6) is 0 Å². The molecule has 0 atom stereocenters. The molecule has 0 aromatic rings. The third-order valence-corrected chi connectivity index (χ3v) is 3.18. The van der Waals surface area contributed by atoms with Crippen molar-refractivity contribution < 1.29 is 4.74 Å². The van der Waals surface area contributed by atoms with E-state index in [1.54, 1.807) is 0 Å². The van der Waals surface area contributed by atoms with Crippen LogP contribution in [0.15, 0.2) is 0 Å². The first-order chi connectivity index (χ1) is 7.43. The van der Waals surface area contributed by atoms with E-state index in [0.29, 0.717) is 0 Å². The SMILES string of the molecule is CCCCCCCCCN1CCOCC1.Cl. The molecule has 3 heteroatoms. The van der Waals surface area contributed by atoms with Gasteiger partial charge >= 0.3 is 0 Å². The molecule has 1 fully saturated rings. The minimum absolute atomic E-state index is 0. The Balaban J connectivity index is 0.00000225. The van der Waals surface area contributed by atoms with E-state index in [2.05, 4.69) is 11.8 Å². The molecule has 0 bridgehead atoms. The minimum atomic E-state index is 0. The van der Waals surface area contributed by atoms with Crippen molar-refractivity contribution in [2.75, 3.05) is 32.8 Å². The summed E-state index contributed by atoms with van der Waals surface area (Å²) >= 11 is 0. The van der Waals surface area contributed by atoms with Crippen molar-refractivity contribution in [2.24, 2.45) is 0 Å². The fourth-order valence-corrected chi connectivity index (χ4v) is 2.12. The van der Waals surface area contributed by atoms with Crippen molar-refractivity contribution in [2.45, 2.75) is 51.9 Å². The molecular weight excluding hydrogens is 222 g/mol. The first kappa shape index (κ1) is 16.2. The predicted octanol–water partition coefficient (Wildman–Crippen LogP) is 3.49. The van der Waals surface area contributed by atoms with Crippen LogP contribution in [0.1, 0.15) is 51.9 Å². The van der Waals surface area contributed by atoms with E-state index in [1.807, 2.05) is 0 Å². The summed E-state index contributed by atoms with van der Waals surface area (Å²) in [6.45, 7) is 7.74. The van der Waals surface area contributed by atoms with Crippen molar-refractivity contribution >= 4 is 12.4 Å². The fourth-order valence-electron chi connectivity index (χ4n) is 2.12. The van der Waals surface area contributed by atoms with Gasteiger partial charge in [-0.1, -0.05) is 45.4 Å². The molecule has 1 heterocycles. The molecule has 0 N–H and O–H groups in total. The lowest BCUT2D eigenvalue weighted by molar-refractivity contribution is 0.0371. The van der Waals surface area contributed by atoms with Crippen LogP contribution < -0.4 is 0 Å². The summed E-state index contributed by atoms with van der Waals surface area (Å²) in [5.41, 5.74) is 0. The van der Waals surface area contributed by atoms with Gasteiger partial charge in [0.25, 0.3) is 0 Å². The van der Waals surface area contributed by atoms with Gasteiger partial charge in [0, 0.05) is 13.1 Å². The van der Waals surface area contributed by atoms with Gasteiger partial charge in [0.05, 0.1) is 13.2 Å². The monoisotopic (exact) mass is 249 g/mol. The second-order valence-corrected chi connectivity index (χ2v) is 4.58. The molecule has 0 spiro atoms. The third-order valence-electron chi connectivity index (χ3n) is 3.18. The normalized spacial score (nSPS) is 17.1. The van der Waals surface area contributed by atoms with Gasteiger partial charge in [-0.15, -0.1) is 12.4 Å². The zero-order valence-electron chi connectivity index (χ0n) is 10.7. The van der Waals surface area contributed by atoms with Crippen LogP contribution in [0.4, 0.5) is 0 Å². The fraction of sp³-hybridized carbons (Fsp3) is 1.00. The lowest BCUT2D eigenvalue weighted by Gasteiger charge is -2.26. The molecular formula is C13H28ClNO. The quantitative estimate of drug-likeness (QED) is 0.611. The molecule has 0 aromatic heterocycles. The number of rotatable bonds is 8. The smallest absolute Gasteiger partial charge is 0.0594 e. The zero-order valence-corrected chi connectivity index (χ0v) is 11.6. The van der Waals surface area contributed by atoms with Crippen LogP contribution in [0.2, 0.25) is 0 Å². The summed E-state index contributed by atoms with van der Waals surface area (Å²) in [5, 5.41) is 0. The molecule has 1 aliphatic rings. The lowest BCUT2D eigenvalue weighted by Crippen LogP contribution is -2.36. The van der Waals surface area contributed by atoms with Gasteiger partial charge in [-0.2, -0.15) is 0 Å². The van der Waals surface area contributed by atoms with Gasteiger partial charge in [-0.05, 0) is 13.0 Å². The molecule has 16 heavy (non-hydrogen) atoms. The second kappa shape index (κ2) is 11.7. The largest absolute Gasteiger partial charge is 0.379 e. The van der Waals surface area contributed by atoms with Gasteiger partial charge in [0.15, 0.2) is 0 Å². The Morgan fingerprint density at radius 2 is 1.44 bits per heavy atom. The summed E-state index contributed by atoms with van der Waals surface area (Å²) in [5.74, 6) is 0. The molecule has 98 valence electrons. The molecule has 0 amide bonds. The molecule has 0 aromatic carbocycles. The number of halogens is 1. The van der Waals surface area contributed by atoms with E-state index in [9.17, 15) is 0 Å².